The highest BCUT2D eigenvalue weighted by Crippen LogP contribution is 2.63. The van der Waals surface area contributed by atoms with Crippen LogP contribution >= 0.6 is 0 Å². The smallest absolute Gasteiger partial charge is 0.263 e. The largest absolute Gasteiger partial charge is 0.275 e. The van der Waals surface area contributed by atoms with Gasteiger partial charge in [-0.05, 0) is 150 Å². The summed E-state index contributed by atoms with van der Waals surface area (Å²) < 4.78 is 2.02. The van der Waals surface area contributed by atoms with Crippen molar-refractivity contribution < 1.29 is 0 Å². The Bertz CT molecular complexity index is 4350. The Morgan fingerprint density at radius 3 is 1.64 bits per heavy atom. The van der Waals surface area contributed by atoms with E-state index in [1.54, 1.807) is 0 Å². The molecular weight excluding hydrogens is 873 g/mol. The van der Waals surface area contributed by atoms with Gasteiger partial charge in [0.15, 0.2) is 0 Å². The lowest BCUT2D eigenvalue weighted by Gasteiger charge is -2.30. The average molecular weight is 917 g/mol. The van der Waals surface area contributed by atoms with Crippen LogP contribution in [-0.4, -0.2) is 9.38 Å². The third-order valence-corrected chi connectivity index (χ3v) is 15.9. The van der Waals surface area contributed by atoms with Crippen molar-refractivity contribution in [3.05, 3.63) is 286 Å². The second kappa shape index (κ2) is 15.4. The summed E-state index contributed by atoms with van der Waals surface area (Å²) in [7, 11) is 0. The maximum Gasteiger partial charge on any atom is 0.263 e. The van der Waals surface area contributed by atoms with Gasteiger partial charge in [0.2, 0.25) is 0 Å². The minimum absolute atomic E-state index is 0.0106. The van der Waals surface area contributed by atoms with Crippen LogP contribution in [0.5, 0.6) is 0 Å². The van der Waals surface area contributed by atoms with Gasteiger partial charge in [0.25, 0.3) is 5.56 Å². The zero-order chi connectivity index (χ0) is 47.7. The number of hydrogen-bond donors (Lipinski definition) is 0. The summed E-state index contributed by atoms with van der Waals surface area (Å²) in [4.78, 5) is 20.4. The molecule has 13 aromatic rings. The van der Waals surface area contributed by atoms with Crippen LogP contribution in [0.2, 0.25) is 0 Å². The van der Waals surface area contributed by atoms with Crippen molar-refractivity contribution in [2.24, 2.45) is 0 Å². The molecule has 1 spiro atoms. The summed E-state index contributed by atoms with van der Waals surface area (Å²) in [5.41, 5.74) is 23.9. The molecular formula is C69H44N2O. The molecule has 3 aromatic heterocycles. The number of fused-ring (bicyclic) bond motifs is 15. The highest BCUT2D eigenvalue weighted by Gasteiger charge is 2.51. The zero-order valence-corrected chi connectivity index (χ0v) is 39.5. The van der Waals surface area contributed by atoms with Gasteiger partial charge in [0.05, 0.1) is 22.1 Å². The highest BCUT2D eigenvalue weighted by molar-refractivity contribution is 6.22. The molecule has 0 saturated heterocycles. The van der Waals surface area contributed by atoms with Crippen molar-refractivity contribution in [1.82, 2.24) is 9.38 Å². The van der Waals surface area contributed by atoms with Crippen molar-refractivity contribution in [3.8, 4) is 66.9 Å². The number of aryl methyl sites for hydroxylation is 1. The minimum Gasteiger partial charge on any atom is -0.275 e. The van der Waals surface area contributed by atoms with E-state index in [0.717, 1.165) is 71.6 Å². The SMILES string of the molecule is Cc1ccc(-c2cc3c4ccccc4c(=O)n4c5cc6c(cc5c(c2)c34)-c2ccccc2C62c3ccccc3-c3ccccc32)cc1-c1ccccc1Cc1cc(-c2ccccc2)cc(-c2ccccc2)n1. The first-order valence-corrected chi connectivity index (χ1v) is 24.9. The monoisotopic (exact) mass is 916 g/mol. The second-order valence-corrected chi connectivity index (χ2v) is 19.7. The van der Waals surface area contributed by atoms with Gasteiger partial charge < -0.3 is 0 Å². The quantitative estimate of drug-likeness (QED) is 0.156. The van der Waals surface area contributed by atoms with Gasteiger partial charge >= 0.3 is 0 Å². The predicted octanol–water partition coefficient (Wildman–Crippen LogP) is 16.5. The van der Waals surface area contributed by atoms with Gasteiger partial charge in [-0.25, -0.2) is 0 Å². The summed E-state index contributed by atoms with van der Waals surface area (Å²) >= 11 is 0. The van der Waals surface area contributed by atoms with Crippen molar-refractivity contribution >= 4 is 38.0 Å². The summed E-state index contributed by atoms with van der Waals surface area (Å²) in [6.45, 7) is 2.21. The molecule has 0 bridgehead atoms. The summed E-state index contributed by atoms with van der Waals surface area (Å²) in [6.07, 6.45) is 0.673. The van der Waals surface area contributed by atoms with E-state index in [1.807, 2.05) is 16.5 Å². The lowest BCUT2D eigenvalue weighted by Crippen LogP contribution is -2.26. The van der Waals surface area contributed by atoms with Gasteiger partial charge in [-0.3, -0.25) is 14.2 Å². The van der Waals surface area contributed by atoms with Crippen LogP contribution in [0.3, 0.4) is 0 Å². The molecule has 2 aliphatic carbocycles. The molecule has 0 aliphatic heterocycles. The molecule has 336 valence electrons. The van der Waals surface area contributed by atoms with E-state index in [2.05, 4.69) is 231 Å². The molecule has 72 heavy (non-hydrogen) atoms. The highest BCUT2D eigenvalue weighted by atomic mass is 16.1. The molecule has 0 radical (unpaired) electrons. The number of benzene rings is 10. The molecule has 0 saturated carbocycles. The molecule has 10 aromatic carbocycles. The van der Waals surface area contributed by atoms with Crippen LogP contribution in [0.25, 0.3) is 105 Å². The van der Waals surface area contributed by atoms with Crippen LogP contribution in [0.15, 0.2) is 241 Å². The van der Waals surface area contributed by atoms with Crippen molar-refractivity contribution in [2.75, 3.05) is 0 Å². The first kappa shape index (κ1) is 40.7. The van der Waals surface area contributed by atoms with E-state index < -0.39 is 5.41 Å². The van der Waals surface area contributed by atoms with Gasteiger partial charge in [0, 0.05) is 39.2 Å². The number of pyridine rings is 2. The van der Waals surface area contributed by atoms with E-state index in [9.17, 15) is 0 Å². The zero-order valence-electron chi connectivity index (χ0n) is 39.5. The van der Waals surface area contributed by atoms with Gasteiger partial charge in [-0.15, -0.1) is 0 Å². The fraction of sp³-hybridized carbons (Fsp3) is 0.0435. The topological polar surface area (TPSA) is 34.4 Å². The Balaban J connectivity index is 0.928. The fourth-order valence-corrected chi connectivity index (χ4v) is 12.8. The van der Waals surface area contributed by atoms with E-state index in [4.69, 9.17) is 4.98 Å². The van der Waals surface area contributed by atoms with Crippen molar-refractivity contribution in [1.29, 1.82) is 0 Å². The number of nitrogens with zero attached hydrogens (tertiary/aromatic N) is 2. The standard InChI is InChI=1S/C69H44N2O/c1-42-32-33-45(36-56(42)50-23-9-8-22-46(50)34-49-35-47(43-18-4-2-5-19-43)39-65(70-49)44-20-6-3-7-21-44)48-37-59-51-24-10-11-28-55(51)68(72)71-66-41-64-57(40-58(66)60(38-48)67(59)71)54-27-14-17-31-63(54)69(64)61-29-15-12-25-52(61)53-26-13-16-30-62(53)69/h2-33,35-41H,34H2,1H3. The molecule has 0 atom stereocenters. The summed E-state index contributed by atoms with van der Waals surface area (Å²) in [6, 6.07) is 85.6. The lowest BCUT2D eigenvalue weighted by atomic mass is 9.70. The van der Waals surface area contributed by atoms with Gasteiger partial charge in [0.1, 0.15) is 0 Å². The molecule has 0 amide bonds. The Morgan fingerprint density at radius 1 is 0.389 bits per heavy atom. The lowest BCUT2D eigenvalue weighted by molar-refractivity contribution is 0.794. The maximum atomic E-state index is 15.1. The first-order chi connectivity index (χ1) is 35.5. The predicted molar refractivity (Wildman–Crippen MR) is 297 cm³/mol. The third-order valence-electron chi connectivity index (χ3n) is 15.9. The van der Waals surface area contributed by atoms with E-state index in [1.165, 1.54) is 72.3 Å². The molecule has 0 fully saturated rings. The Kier molecular flexibility index (Phi) is 8.71. The molecule has 2 aliphatic rings. The van der Waals surface area contributed by atoms with Crippen LogP contribution in [0, 0.1) is 6.92 Å². The molecule has 0 N–H and O–H groups in total. The molecule has 15 rings (SSSR count). The number of aromatic nitrogens is 2. The van der Waals surface area contributed by atoms with Crippen molar-refractivity contribution in [2.45, 2.75) is 18.8 Å². The molecule has 3 heteroatoms. The number of hydrogen-bond acceptors (Lipinski definition) is 2. The third kappa shape index (κ3) is 5.73. The van der Waals surface area contributed by atoms with Crippen LogP contribution in [0.4, 0.5) is 0 Å². The maximum absolute atomic E-state index is 15.1. The summed E-state index contributed by atoms with van der Waals surface area (Å²) in [5, 5.41) is 4.92. The van der Waals surface area contributed by atoms with Crippen LogP contribution in [0.1, 0.15) is 39.1 Å². The molecule has 3 nitrogen and oxygen atoms in total. The average Bonchev–Trinajstić information content (AvgIpc) is 4.04. The minimum atomic E-state index is -0.521. The first-order valence-electron chi connectivity index (χ1n) is 24.9. The van der Waals surface area contributed by atoms with E-state index in [0.29, 0.717) is 6.42 Å². The molecule has 3 heterocycles. The van der Waals surface area contributed by atoms with Crippen LogP contribution in [-0.2, 0) is 11.8 Å². The van der Waals surface area contributed by atoms with E-state index in [-0.39, 0.29) is 5.56 Å². The van der Waals surface area contributed by atoms with E-state index >= 15 is 4.79 Å². The van der Waals surface area contributed by atoms with Crippen LogP contribution < -0.4 is 5.56 Å². The Morgan fingerprint density at radius 2 is 0.944 bits per heavy atom. The Hall–Kier alpha value is -9.18. The number of rotatable bonds is 6. The fourth-order valence-electron chi connectivity index (χ4n) is 12.8. The second-order valence-electron chi connectivity index (χ2n) is 19.7. The van der Waals surface area contributed by atoms with Gasteiger partial charge in [-0.1, -0.05) is 188 Å². The Labute approximate surface area is 417 Å². The normalized spacial score (nSPS) is 13.0. The summed E-state index contributed by atoms with van der Waals surface area (Å²) in [5.74, 6) is 0. The van der Waals surface area contributed by atoms with Crippen molar-refractivity contribution in [3.63, 3.8) is 0 Å². The van der Waals surface area contributed by atoms with Gasteiger partial charge in [-0.2, -0.15) is 0 Å². The molecule has 0 unspecified atom stereocenters.